The van der Waals surface area contributed by atoms with E-state index in [1.54, 1.807) is 35.2 Å². The fourth-order valence-corrected chi connectivity index (χ4v) is 4.31. The summed E-state index contributed by atoms with van der Waals surface area (Å²) in [6.45, 7) is 1.28. The molecule has 1 heterocycles. The molecule has 1 saturated heterocycles. The highest BCUT2D eigenvalue weighted by molar-refractivity contribution is 7.99. The van der Waals surface area contributed by atoms with Crippen molar-refractivity contribution in [3.63, 3.8) is 0 Å². The molecule has 33 heavy (non-hydrogen) atoms. The van der Waals surface area contributed by atoms with Crippen molar-refractivity contribution in [1.82, 2.24) is 4.90 Å². The van der Waals surface area contributed by atoms with Crippen LogP contribution in [-0.2, 0) is 4.79 Å². The second-order valence-electron chi connectivity index (χ2n) is 7.84. The number of nitrogens with one attached hydrogen (secondary N) is 1. The van der Waals surface area contributed by atoms with Crippen LogP contribution in [0.15, 0.2) is 52.3 Å². The van der Waals surface area contributed by atoms with Gasteiger partial charge in [0.25, 0.3) is 11.8 Å². The molecule has 3 N–H and O–H groups in total. The molecule has 6 nitrogen and oxygen atoms in total. The highest BCUT2D eigenvalue weighted by atomic mass is 35.5. The first-order chi connectivity index (χ1) is 15.4. The minimum absolute atomic E-state index is 0.00165. The van der Waals surface area contributed by atoms with Gasteiger partial charge in [0.05, 0.1) is 16.8 Å². The highest BCUT2D eigenvalue weighted by Gasteiger charge is 2.55. The van der Waals surface area contributed by atoms with E-state index in [0.717, 1.165) is 11.3 Å². The monoisotopic (exact) mass is 502 g/mol. The van der Waals surface area contributed by atoms with Gasteiger partial charge in [0.2, 0.25) is 5.60 Å². The zero-order valence-electron chi connectivity index (χ0n) is 17.5. The Kier molecular flexibility index (Phi) is 7.62. The van der Waals surface area contributed by atoms with Gasteiger partial charge in [-0.15, -0.1) is 0 Å². The number of rotatable bonds is 5. The summed E-state index contributed by atoms with van der Waals surface area (Å²) in [5.41, 5.74) is -3.13. The second-order valence-corrected chi connectivity index (χ2v) is 9.39. The third kappa shape index (κ3) is 6.00. The molecule has 2 aromatic carbocycles. The maximum atomic E-state index is 12.8. The van der Waals surface area contributed by atoms with Gasteiger partial charge in [0.15, 0.2) is 0 Å². The Hall–Kier alpha value is -2.27. The maximum absolute atomic E-state index is 12.8. The minimum atomic E-state index is -5.14. The van der Waals surface area contributed by atoms with Crippen molar-refractivity contribution in [2.45, 2.75) is 47.4 Å². The summed E-state index contributed by atoms with van der Waals surface area (Å²) in [4.78, 5) is 27.5. The highest BCUT2D eigenvalue weighted by Crippen LogP contribution is 2.35. The van der Waals surface area contributed by atoms with E-state index in [9.17, 15) is 33.0 Å². The van der Waals surface area contributed by atoms with E-state index < -0.39 is 23.8 Å². The lowest BCUT2D eigenvalue weighted by Crippen LogP contribution is -2.52. The number of carbonyl (C=O) groups is 2. The molecule has 0 spiro atoms. The van der Waals surface area contributed by atoms with Crippen molar-refractivity contribution in [3.05, 3.63) is 53.1 Å². The summed E-state index contributed by atoms with van der Waals surface area (Å²) in [7, 11) is 0. The summed E-state index contributed by atoms with van der Waals surface area (Å²) in [6, 6.07) is 11.2. The van der Waals surface area contributed by atoms with Gasteiger partial charge in [-0.2, -0.15) is 13.2 Å². The zero-order chi connectivity index (χ0) is 24.4. The lowest BCUT2D eigenvalue weighted by Gasteiger charge is -2.30. The molecule has 1 fully saturated rings. The maximum Gasteiger partial charge on any atom is 0.426 e. The molecular formula is C22H22ClF3N2O4S. The SMILES string of the molecule is CC(O)(C(=O)Nc1ccc(Sc2ccc(C(=O)N3CCCC(O)C3)cc2)cc1Cl)C(F)(F)F. The van der Waals surface area contributed by atoms with E-state index in [2.05, 4.69) is 0 Å². The van der Waals surface area contributed by atoms with Gasteiger partial charge in [0, 0.05) is 28.4 Å². The predicted octanol–water partition coefficient (Wildman–Crippen LogP) is 4.34. The number of halogens is 4. The van der Waals surface area contributed by atoms with E-state index >= 15 is 0 Å². The number of hydrogen-bond donors (Lipinski definition) is 3. The lowest BCUT2D eigenvalue weighted by atomic mass is 10.1. The molecule has 2 amide bonds. The first kappa shape index (κ1) is 25.4. The molecule has 3 rings (SSSR count). The number of aliphatic hydroxyl groups excluding tert-OH is 1. The molecule has 1 aliphatic rings. The van der Waals surface area contributed by atoms with Crippen molar-refractivity contribution < 1.29 is 33.0 Å². The molecule has 2 atom stereocenters. The summed E-state index contributed by atoms with van der Waals surface area (Å²) >= 11 is 7.41. The number of anilines is 1. The van der Waals surface area contributed by atoms with Crippen LogP contribution in [0.1, 0.15) is 30.1 Å². The normalized spacial score (nSPS) is 18.5. The number of nitrogens with zero attached hydrogens (tertiary/aromatic N) is 1. The number of hydrogen-bond acceptors (Lipinski definition) is 5. The minimum Gasteiger partial charge on any atom is -0.391 e. The van der Waals surface area contributed by atoms with Crippen LogP contribution in [0.25, 0.3) is 0 Å². The summed E-state index contributed by atoms with van der Waals surface area (Å²) < 4.78 is 38.4. The Morgan fingerprint density at radius 3 is 2.36 bits per heavy atom. The van der Waals surface area contributed by atoms with Crippen LogP contribution in [0.5, 0.6) is 0 Å². The number of alkyl halides is 3. The third-order valence-corrected chi connectivity index (χ3v) is 6.51. The Morgan fingerprint density at radius 1 is 1.15 bits per heavy atom. The summed E-state index contributed by atoms with van der Waals surface area (Å²) in [5.74, 6) is -1.79. The van der Waals surface area contributed by atoms with Crippen molar-refractivity contribution in [2.75, 3.05) is 18.4 Å². The number of aliphatic hydroxyl groups is 2. The number of likely N-dealkylation sites (tertiary alicyclic amines) is 1. The smallest absolute Gasteiger partial charge is 0.391 e. The molecule has 178 valence electrons. The van der Waals surface area contributed by atoms with Crippen molar-refractivity contribution in [2.24, 2.45) is 0 Å². The van der Waals surface area contributed by atoms with E-state index in [0.29, 0.717) is 36.9 Å². The Labute approximate surface area is 197 Å². The van der Waals surface area contributed by atoms with Crippen molar-refractivity contribution >= 4 is 40.9 Å². The molecule has 0 aromatic heterocycles. The number of piperidine rings is 1. The fraction of sp³-hybridized carbons (Fsp3) is 0.364. The van der Waals surface area contributed by atoms with Crippen LogP contribution in [0.3, 0.4) is 0 Å². The molecular weight excluding hydrogens is 481 g/mol. The molecule has 1 aliphatic heterocycles. The van der Waals surface area contributed by atoms with Crippen LogP contribution in [0.2, 0.25) is 5.02 Å². The van der Waals surface area contributed by atoms with Gasteiger partial charge >= 0.3 is 6.18 Å². The van der Waals surface area contributed by atoms with Gasteiger partial charge in [-0.3, -0.25) is 9.59 Å². The van der Waals surface area contributed by atoms with Gasteiger partial charge < -0.3 is 20.4 Å². The van der Waals surface area contributed by atoms with Crippen LogP contribution in [-0.4, -0.2) is 57.9 Å². The Balaban J connectivity index is 1.65. The zero-order valence-corrected chi connectivity index (χ0v) is 19.1. The van der Waals surface area contributed by atoms with E-state index in [1.807, 2.05) is 5.32 Å². The fourth-order valence-electron chi connectivity index (χ4n) is 3.16. The number of amides is 2. The van der Waals surface area contributed by atoms with Crippen LogP contribution in [0, 0.1) is 0 Å². The Bertz CT molecular complexity index is 1030. The average molecular weight is 503 g/mol. The topological polar surface area (TPSA) is 89.9 Å². The third-order valence-electron chi connectivity index (χ3n) is 5.20. The van der Waals surface area contributed by atoms with Crippen LogP contribution < -0.4 is 5.32 Å². The molecule has 11 heteroatoms. The molecule has 0 radical (unpaired) electrons. The van der Waals surface area contributed by atoms with Crippen LogP contribution >= 0.6 is 23.4 Å². The van der Waals surface area contributed by atoms with Gasteiger partial charge in [-0.1, -0.05) is 23.4 Å². The first-order valence-corrected chi connectivity index (χ1v) is 11.2. The molecule has 0 bridgehead atoms. The van der Waals surface area contributed by atoms with E-state index in [1.165, 1.54) is 23.9 Å². The number of benzene rings is 2. The average Bonchev–Trinajstić information content (AvgIpc) is 2.75. The second kappa shape index (κ2) is 9.92. The summed E-state index contributed by atoms with van der Waals surface area (Å²) in [6.07, 6.45) is -4.20. The molecule has 0 aliphatic carbocycles. The predicted molar refractivity (Wildman–Crippen MR) is 118 cm³/mol. The Morgan fingerprint density at radius 2 is 1.79 bits per heavy atom. The first-order valence-electron chi connectivity index (χ1n) is 10.0. The quantitative estimate of drug-likeness (QED) is 0.566. The lowest BCUT2D eigenvalue weighted by molar-refractivity contribution is -0.242. The number of carbonyl (C=O) groups excluding carboxylic acids is 2. The van der Waals surface area contributed by atoms with Crippen molar-refractivity contribution in [1.29, 1.82) is 0 Å². The molecule has 2 aromatic rings. The van der Waals surface area contributed by atoms with Crippen molar-refractivity contribution in [3.8, 4) is 0 Å². The van der Waals surface area contributed by atoms with E-state index in [4.69, 9.17) is 11.6 Å². The molecule has 0 saturated carbocycles. The van der Waals surface area contributed by atoms with Gasteiger partial charge in [-0.25, -0.2) is 0 Å². The van der Waals surface area contributed by atoms with Gasteiger partial charge in [0.1, 0.15) is 0 Å². The van der Waals surface area contributed by atoms with Crippen LogP contribution in [0.4, 0.5) is 18.9 Å². The summed E-state index contributed by atoms with van der Waals surface area (Å²) in [5, 5.41) is 21.2. The van der Waals surface area contributed by atoms with Gasteiger partial charge in [-0.05, 0) is 62.2 Å². The van der Waals surface area contributed by atoms with E-state index in [-0.39, 0.29) is 16.6 Å². The standard InChI is InChI=1S/C22H22ClF3N2O4S/c1-21(32,22(24,25)26)20(31)27-18-9-8-16(11-17(18)23)33-15-6-4-13(5-7-15)19(30)28-10-2-3-14(29)12-28/h4-9,11,14,29,32H,2-3,10,12H2,1H3,(H,27,31). The molecule has 2 unspecified atom stereocenters. The number of β-amino-alcohol motifs (C(OH)–C–C–N with tert-alkyl or cyclic N) is 1. The largest absolute Gasteiger partial charge is 0.426 e.